The Balaban J connectivity index is 1.44. The zero-order chi connectivity index (χ0) is 18.4. The fourth-order valence-corrected chi connectivity index (χ4v) is 4.26. The van der Waals surface area contributed by atoms with E-state index in [1.165, 1.54) is 0 Å². The summed E-state index contributed by atoms with van der Waals surface area (Å²) in [6.07, 6.45) is 8.34. The van der Waals surface area contributed by atoms with Gasteiger partial charge in [-0.1, -0.05) is 19.9 Å². The van der Waals surface area contributed by atoms with Crippen molar-refractivity contribution in [2.45, 2.75) is 58.2 Å². The van der Waals surface area contributed by atoms with Gasteiger partial charge in [0.1, 0.15) is 0 Å². The summed E-state index contributed by atoms with van der Waals surface area (Å²) < 4.78 is 12.1. The van der Waals surface area contributed by atoms with Gasteiger partial charge in [0.05, 0.1) is 12.2 Å². The van der Waals surface area contributed by atoms with Crippen molar-refractivity contribution in [1.82, 2.24) is 9.88 Å². The number of likely N-dealkylation sites (tertiary alicyclic amines) is 1. The van der Waals surface area contributed by atoms with Crippen LogP contribution < -0.4 is 0 Å². The van der Waals surface area contributed by atoms with Crippen LogP contribution in [0.25, 0.3) is 0 Å². The maximum atomic E-state index is 12.3. The van der Waals surface area contributed by atoms with E-state index in [0.29, 0.717) is 30.8 Å². The first-order chi connectivity index (χ1) is 12.6. The zero-order valence-corrected chi connectivity index (χ0v) is 16.2. The number of hydrogen-bond acceptors (Lipinski definition) is 4. The molecule has 1 spiro atoms. The highest BCUT2D eigenvalue weighted by Gasteiger charge is 2.46. The minimum absolute atomic E-state index is 0.0354. The number of rotatable bonds is 7. The van der Waals surface area contributed by atoms with Gasteiger partial charge in [0.2, 0.25) is 5.91 Å². The molecule has 0 radical (unpaired) electrons. The minimum Gasteiger partial charge on any atom is -0.377 e. The van der Waals surface area contributed by atoms with Crippen LogP contribution in [0, 0.1) is 11.8 Å². The molecule has 1 atom stereocenters. The van der Waals surface area contributed by atoms with E-state index in [4.69, 9.17) is 9.47 Å². The Hall–Kier alpha value is -1.46. The Morgan fingerprint density at radius 2 is 2.23 bits per heavy atom. The number of carbonyl (C=O) groups excluding carboxylic acids is 1. The maximum absolute atomic E-state index is 12.3. The molecule has 1 aromatic rings. The third-order valence-corrected chi connectivity index (χ3v) is 5.75. The van der Waals surface area contributed by atoms with E-state index >= 15 is 0 Å². The maximum Gasteiger partial charge on any atom is 0.222 e. The van der Waals surface area contributed by atoms with Crippen molar-refractivity contribution in [1.29, 1.82) is 0 Å². The Morgan fingerprint density at radius 3 is 2.92 bits per heavy atom. The lowest BCUT2D eigenvalue weighted by Crippen LogP contribution is -2.49. The van der Waals surface area contributed by atoms with Crippen LogP contribution in [0.3, 0.4) is 0 Å². The number of nitrogens with zero attached hydrogens (tertiary/aromatic N) is 2. The van der Waals surface area contributed by atoms with Crippen molar-refractivity contribution in [3.05, 3.63) is 30.1 Å². The van der Waals surface area contributed by atoms with Crippen molar-refractivity contribution in [3.8, 4) is 0 Å². The molecule has 1 amide bonds. The number of aromatic nitrogens is 1. The third-order valence-electron chi connectivity index (χ3n) is 5.75. The van der Waals surface area contributed by atoms with E-state index in [1.807, 2.05) is 23.2 Å². The van der Waals surface area contributed by atoms with E-state index in [1.54, 1.807) is 6.20 Å². The predicted molar refractivity (Wildman–Crippen MR) is 101 cm³/mol. The Kier molecular flexibility index (Phi) is 6.65. The van der Waals surface area contributed by atoms with E-state index in [0.717, 1.165) is 57.6 Å². The average Bonchev–Trinajstić information content (AvgIpc) is 3.01. The molecule has 0 unspecified atom stereocenters. The van der Waals surface area contributed by atoms with E-state index in [9.17, 15) is 4.79 Å². The highest BCUT2D eigenvalue weighted by atomic mass is 16.5. The number of carbonyl (C=O) groups is 1. The van der Waals surface area contributed by atoms with Crippen molar-refractivity contribution < 1.29 is 14.3 Å². The SMILES string of the molecule is CC(C)CC(=O)N1CCC2(CC1)OCC[C@H]2CCOCc1cccnc1. The molecule has 2 saturated heterocycles. The van der Waals surface area contributed by atoms with E-state index in [-0.39, 0.29) is 5.60 Å². The number of hydrogen-bond donors (Lipinski definition) is 0. The summed E-state index contributed by atoms with van der Waals surface area (Å²) in [5.74, 6) is 1.26. The predicted octanol–water partition coefficient (Wildman–Crippen LogP) is 3.43. The highest BCUT2D eigenvalue weighted by molar-refractivity contribution is 5.76. The number of ether oxygens (including phenoxy) is 2. The molecule has 0 bridgehead atoms. The van der Waals surface area contributed by atoms with Crippen LogP contribution in [0.2, 0.25) is 0 Å². The molecule has 2 fully saturated rings. The molecule has 5 nitrogen and oxygen atoms in total. The second-order valence-electron chi connectivity index (χ2n) is 8.08. The minimum atomic E-state index is -0.0354. The molecule has 1 aromatic heterocycles. The van der Waals surface area contributed by atoms with Gasteiger partial charge in [-0.2, -0.15) is 0 Å². The zero-order valence-electron chi connectivity index (χ0n) is 16.2. The smallest absolute Gasteiger partial charge is 0.222 e. The topological polar surface area (TPSA) is 51.7 Å². The van der Waals surface area contributed by atoms with Gasteiger partial charge in [0, 0.05) is 45.1 Å². The molecule has 5 heteroatoms. The lowest BCUT2D eigenvalue weighted by atomic mass is 9.78. The molecular formula is C21H32N2O3. The molecule has 0 aromatic carbocycles. The van der Waals surface area contributed by atoms with Crippen molar-refractivity contribution >= 4 is 5.91 Å². The lowest BCUT2D eigenvalue weighted by Gasteiger charge is -2.42. The quantitative estimate of drug-likeness (QED) is 0.699. The van der Waals surface area contributed by atoms with Crippen LogP contribution in [0.1, 0.15) is 51.5 Å². The normalized spacial score (nSPS) is 22.3. The Labute approximate surface area is 157 Å². The Morgan fingerprint density at radius 1 is 1.42 bits per heavy atom. The monoisotopic (exact) mass is 360 g/mol. The summed E-state index contributed by atoms with van der Waals surface area (Å²) in [5.41, 5.74) is 1.08. The van der Waals surface area contributed by atoms with Gasteiger partial charge in [-0.15, -0.1) is 0 Å². The van der Waals surface area contributed by atoms with Crippen LogP contribution in [0.5, 0.6) is 0 Å². The Bertz CT molecular complexity index is 568. The lowest BCUT2D eigenvalue weighted by molar-refractivity contribution is -0.138. The van der Waals surface area contributed by atoms with Crippen molar-refractivity contribution in [2.75, 3.05) is 26.3 Å². The molecule has 3 heterocycles. The molecule has 2 aliphatic rings. The van der Waals surface area contributed by atoms with E-state index in [2.05, 4.69) is 18.8 Å². The molecular weight excluding hydrogens is 328 g/mol. The first-order valence-electron chi connectivity index (χ1n) is 9.97. The molecule has 0 aliphatic carbocycles. The van der Waals surface area contributed by atoms with Gasteiger partial charge >= 0.3 is 0 Å². The first-order valence-corrected chi connectivity index (χ1v) is 9.97. The van der Waals surface area contributed by atoms with Crippen LogP contribution in [-0.2, 0) is 20.9 Å². The summed E-state index contributed by atoms with van der Waals surface area (Å²) in [6, 6.07) is 3.98. The standard InChI is InChI=1S/C21H32N2O3/c1-17(2)14-20(24)23-10-7-21(8-11-23)19(6-13-26-21)5-12-25-16-18-4-3-9-22-15-18/h3-4,9,15,17,19H,5-8,10-14,16H2,1-2H3/t19-/m1/s1. The summed E-state index contributed by atoms with van der Waals surface area (Å²) in [5, 5.41) is 0. The highest BCUT2D eigenvalue weighted by Crippen LogP contribution is 2.42. The second-order valence-corrected chi connectivity index (χ2v) is 8.08. The van der Waals surface area contributed by atoms with Crippen LogP contribution in [0.4, 0.5) is 0 Å². The number of pyridine rings is 1. The fourth-order valence-electron chi connectivity index (χ4n) is 4.26. The van der Waals surface area contributed by atoms with Gasteiger partial charge in [0.15, 0.2) is 0 Å². The number of piperidine rings is 1. The molecule has 0 saturated carbocycles. The number of amides is 1. The molecule has 3 rings (SSSR count). The summed E-state index contributed by atoms with van der Waals surface area (Å²) in [6.45, 7) is 8.08. The molecule has 26 heavy (non-hydrogen) atoms. The largest absolute Gasteiger partial charge is 0.377 e. The van der Waals surface area contributed by atoms with E-state index < -0.39 is 0 Å². The molecule has 0 N–H and O–H groups in total. The van der Waals surface area contributed by atoms with Gasteiger partial charge < -0.3 is 14.4 Å². The van der Waals surface area contributed by atoms with Gasteiger partial charge in [-0.25, -0.2) is 0 Å². The summed E-state index contributed by atoms with van der Waals surface area (Å²) in [4.78, 5) is 18.4. The average molecular weight is 360 g/mol. The molecule has 144 valence electrons. The van der Waals surface area contributed by atoms with Crippen molar-refractivity contribution in [3.63, 3.8) is 0 Å². The van der Waals surface area contributed by atoms with Gasteiger partial charge in [-0.3, -0.25) is 9.78 Å². The molecule has 2 aliphatic heterocycles. The first kappa shape index (κ1) is 19.3. The van der Waals surface area contributed by atoms with Gasteiger partial charge in [0.25, 0.3) is 0 Å². The fraction of sp³-hybridized carbons (Fsp3) is 0.714. The van der Waals surface area contributed by atoms with Crippen LogP contribution in [-0.4, -0.2) is 47.7 Å². The summed E-state index contributed by atoms with van der Waals surface area (Å²) >= 11 is 0. The third kappa shape index (κ3) is 4.83. The van der Waals surface area contributed by atoms with Crippen LogP contribution in [0.15, 0.2) is 24.5 Å². The second kappa shape index (κ2) is 8.96. The van der Waals surface area contributed by atoms with Crippen molar-refractivity contribution in [2.24, 2.45) is 11.8 Å². The van der Waals surface area contributed by atoms with Gasteiger partial charge in [-0.05, 0) is 49.1 Å². The van der Waals surface area contributed by atoms with Crippen LogP contribution >= 0.6 is 0 Å². The summed E-state index contributed by atoms with van der Waals surface area (Å²) in [7, 11) is 0.